The molecule has 0 bridgehead atoms. The Bertz CT molecular complexity index is 306. The molecular weight excluding hydrogens is 467 g/mol. The first-order chi connectivity index (χ1) is 13.3. The third kappa shape index (κ3) is 24.0. The van der Waals surface area contributed by atoms with Gasteiger partial charge in [0, 0.05) is 10.8 Å². The second-order valence-electron chi connectivity index (χ2n) is 5.78. The molecule has 7 nitrogen and oxygen atoms in total. The SMILES string of the molecule is CCCCCCC(=O)OCCOCCOCCOCCOCCOCCI. The maximum absolute atomic E-state index is 11.4. The maximum atomic E-state index is 11.4. The third-order valence-electron chi connectivity index (χ3n) is 3.43. The van der Waals surface area contributed by atoms with E-state index in [1.165, 1.54) is 12.8 Å². The molecule has 0 aromatic rings. The van der Waals surface area contributed by atoms with E-state index in [4.69, 9.17) is 28.4 Å². The summed E-state index contributed by atoms with van der Waals surface area (Å²) in [6.45, 7) is 8.00. The number of unbranched alkanes of at least 4 members (excludes halogenated alkanes) is 3. The lowest BCUT2D eigenvalue weighted by atomic mass is 10.2. The van der Waals surface area contributed by atoms with Crippen molar-refractivity contribution in [2.45, 2.75) is 39.0 Å². The fourth-order valence-corrected chi connectivity index (χ4v) is 2.33. The quantitative estimate of drug-likeness (QED) is 0.0972. The van der Waals surface area contributed by atoms with Crippen LogP contribution in [-0.4, -0.2) is 83.1 Å². The molecule has 0 N–H and O–H groups in total. The van der Waals surface area contributed by atoms with Crippen molar-refractivity contribution in [3.63, 3.8) is 0 Å². The second-order valence-corrected chi connectivity index (χ2v) is 6.86. The number of alkyl halides is 1. The smallest absolute Gasteiger partial charge is 0.305 e. The Balaban J connectivity index is 3.07. The van der Waals surface area contributed by atoms with Crippen molar-refractivity contribution in [3.8, 4) is 0 Å². The van der Waals surface area contributed by atoms with Gasteiger partial charge in [-0.05, 0) is 6.42 Å². The molecule has 0 saturated carbocycles. The fraction of sp³-hybridized carbons (Fsp3) is 0.947. The molecule has 0 amide bonds. The Kier molecular flexibility index (Phi) is 24.0. The second kappa shape index (κ2) is 24.0. The van der Waals surface area contributed by atoms with Crippen LogP contribution in [0.4, 0.5) is 0 Å². The zero-order chi connectivity index (χ0) is 19.8. The zero-order valence-electron chi connectivity index (χ0n) is 16.8. The minimum Gasteiger partial charge on any atom is -0.463 e. The van der Waals surface area contributed by atoms with E-state index in [0.29, 0.717) is 72.5 Å². The first-order valence-corrected chi connectivity index (χ1v) is 11.4. The number of hydrogen-bond donors (Lipinski definition) is 0. The van der Waals surface area contributed by atoms with Gasteiger partial charge in [-0.3, -0.25) is 4.79 Å². The number of halogens is 1. The first kappa shape index (κ1) is 27.0. The van der Waals surface area contributed by atoms with E-state index in [0.717, 1.165) is 23.9 Å². The zero-order valence-corrected chi connectivity index (χ0v) is 18.9. The lowest BCUT2D eigenvalue weighted by Gasteiger charge is -2.08. The Morgan fingerprint density at radius 1 is 0.630 bits per heavy atom. The molecule has 27 heavy (non-hydrogen) atoms. The van der Waals surface area contributed by atoms with Crippen molar-refractivity contribution in [3.05, 3.63) is 0 Å². The van der Waals surface area contributed by atoms with Crippen LogP contribution in [0.3, 0.4) is 0 Å². The Labute approximate surface area is 177 Å². The molecule has 8 heteroatoms. The van der Waals surface area contributed by atoms with Gasteiger partial charge in [0.2, 0.25) is 0 Å². The van der Waals surface area contributed by atoms with E-state index < -0.39 is 0 Å². The predicted molar refractivity (Wildman–Crippen MR) is 113 cm³/mol. The van der Waals surface area contributed by atoms with E-state index in [1.54, 1.807) is 0 Å². The molecule has 0 radical (unpaired) electrons. The number of carbonyl (C=O) groups excluding carboxylic acids is 1. The van der Waals surface area contributed by atoms with Crippen LogP contribution in [0.5, 0.6) is 0 Å². The van der Waals surface area contributed by atoms with Gasteiger partial charge in [0.15, 0.2) is 0 Å². The highest BCUT2D eigenvalue weighted by Gasteiger charge is 2.02. The number of rotatable bonds is 22. The number of ether oxygens (including phenoxy) is 6. The normalized spacial score (nSPS) is 11.0. The van der Waals surface area contributed by atoms with Gasteiger partial charge < -0.3 is 28.4 Å². The van der Waals surface area contributed by atoms with Gasteiger partial charge in [-0.2, -0.15) is 0 Å². The minimum absolute atomic E-state index is 0.139. The molecular formula is C19H37IO7. The molecule has 0 heterocycles. The average molecular weight is 504 g/mol. The molecule has 0 aliphatic heterocycles. The van der Waals surface area contributed by atoms with E-state index in [1.807, 2.05) is 0 Å². The third-order valence-corrected chi connectivity index (χ3v) is 3.88. The monoisotopic (exact) mass is 504 g/mol. The van der Waals surface area contributed by atoms with Crippen molar-refractivity contribution >= 4 is 28.6 Å². The predicted octanol–water partition coefficient (Wildman–Crippen LogP) is 3.02. The topological polar surface area (TPSA) is 72.5 Å². The highest BCUT2D eigenvalue weighted by Crippen LogP contribution is 2.03. The molecule has 162 valence electrons. The molecule has 0 aliphatic carbocycles. The van der Waals surface area contributed by atoms with Gasteiger partial charge in [0.05, 0.1) is 66.1 Å². The van der Waals surface area contributed by atoms with Crippen molar-refractivity contribution < 1.29 is 33.2 Å². The molecule has 0 unspecified atom stereocenters. The van der Waals surface area contributed by atoms with Crippen LogP contribution in [0.15, 0.2) is 0 Å². The van der Waals surface area contributed by atoms with Crippen molar-refractivity contribution in [1.29, 1.82) is 0 Å². The summed E-state index contributed by atoms with van der Waals surface area (Å²) in [5.41, 5.74) is 0. The minimum atomic E-state index is -0.139. The van der Waals surface area contributed by atoms with Crippen molar-refractivity contribution in [1.82, 2.24) is 0 Å². The van der Waals surface area contributed by atoms with Crippen molar-refractivity contribution in [2.75, 3.05) is 77.1 Å². The summed E-state index contributed by atoms with van der Waals surface area (Å²) < 4.78 is 32.9. The lowest BCUT2D eigenvalue weighted by molar-refractivity contribution is -0.145. The highest BCUT2D eigenvalue weighted by molar-refractivity contribution is 14.1. The molecule has 0 fully saturated rings. The Hall–Kier alpha value is -0.000000000000000222. The van der Waals surface area contributed by atoms with Crippen LogP contribution in [0, 0.1) is 0 Å². The van der Waals surface area contributed by atoms with E-state index in [9.17, 15) is 4.79 Å². The van der Waals surface area contributed by atoms with E-state index in [2.05, 4.69) is 29.5 Å². The van der Waals surface area contributed by atoms with Crippen LogP contribution >= 0.6 is 22.6 Å². The van der Waals surface area contributed by atoms with E-state index >= 15 is 0 Å². The standard InChI is InChI=1S/C19H37IO7/c1-2-3-4-5-6-19(21)27-18-17-26-16-15-25-14-13-24-12-11-23-10-9-22-8-7-20/h2-18H2,1H3. The summed E-state index contributed by atoms with van der Waals surface area (Å²) in [5.74, 6) is -0.139. The molecule has 0 atom stereocenters. The van der Waals surface area contributed by atoms with Crippen LogP contribution in [0.1, 0.15) is 39.0 Å². The summed E-state index contributed by atoms with van der Waals surface area (Å²) in [5, 5.41) is 0. The van der Waals surface area contributed by atoms with Crippen LogP contribution in [-0.2, 0) is 33.2 Å². The average Bonchev–Trinajstić information content (AvgIpc) is 2.67. The summed E-state index contributed by atoms with van der Waals surface area (Å²) in [4.78, 5) is 11.4. The number of hydrogen-bond acceptors (Lipinski definition) is 7. The molecule has 0 rings (SSSR count). The molecule has 0 aromatic carbocycles. The summed E-state index contributed by atoms with van der Waals surface area (Å²) >= 11 is 2.27. The molecule has 0 saturated heterocycles. The summed E-state index contributed by atoms with van der Waals surface area (Å²) in [6, 6.07) is 0. The first-order valence-electron chi connectivity index (χ1n) is 9.91. The lowest BCUT2D eigenvalue weighted by Crippen LogP contribution is -2.15. The van der Waals surface area contributed by atoms with Crippen LogP contribution in [0.25, 0.3) is 0 Å². The largest absolute Gasteiger partial charge is 0.463 e. The van der Waals surface area contributed by atoms with Gasteiger partial charge in [0.1, 0.15) is 6.61 Å². The molecule has 0 spiro atoms. The number of carbonyl (C=O) groups is 1. The maximum Gasteiger partial charge on any atom is 0.305 e. The van der Waals surface area contributed by atoms with E-state index in [-0.39, 0.29) is 5.97 Å². The Morgan fingerprint density at radius 3 is 1.52 bits per heavy atom. The summed E-state index contributed by atoms with van der Waals surface area (Å²) in [7, 11) is 0. The molecule has 0 aromatic heterocycles. The number of esters is 1. The van der Waals surface area contributed by atoms with Gasteiger partial charge >= 0.3 is 5.97 Å². The van der Waals surface area contributed by atoms with Gasteiger partial charge in [0.25, 0.3) is 0 Å². The van der Waals surface area contributed by atoms with Crippen LogP contribution in [0.2, 0.25) is 0 Å². The highest BCUT2D eigenvalue weighted by atomic mass is 127. The van der Waals surface area contributed by atoms with Crippen molar-refractivity contribution in [2.24, 2.45) is 0 Å². The van der Waals surface area contributed by atoms with Gasteiger partial charge in [-0.15, -0.1) is 0 Å². The van der Waals surface area contributed by atoms with Crippen LogP contribution < -0.4 is 0 Å². The summed E-state index contributed by atoms with van der Waals surface area (Å²) in [6.07, 6.45) is 4.83. The Morgan fingerprint density at radius 2 is 1.07 bits per heavy atom. The van der Waals surface area contributed by atoms with Gasteiger partial charge in [-0.25, -0.2) is 0 Å². The molecule has 0 aliphatic rings. The fourth-order valence-electron chi connectivity index (χ4n) is 2.02. The van der Waals surface area contributed by atoms with Gasteiger partial charge in [-0.1, -0.05) is 48.8 Å².